The summed E-state index contributed by atoms with van der Waals surface area (Å²) in [6.07, 6.45) is 9.01. The first-order valence-corrected chi connectivity index (χ1v) is 7.85. The van der Waals surface area contributed by atoms with Crippen molar-refractivity contribution in [1.29, 1.82) is 0 Å². The lowest BCUT2D eigenvalue weighted by molar-refractivity contribution is -0.558. The van der Waals surface area contributed by atoms with E-state index in [4.69, 9.17) is 0 Å². The molecule has 106 valence electrons. The number of benzene rings is 2. The van der Waals surface area contributed by atoms with Crippen molar-refractivity contribution in [3.63, 3.8) is 0 Å². The number of amidine groups is 1. The molecular formula is C20H17N2+. The number of anilines is 1. The Bertz CT molecular complexity index is 830. The topological polar surface area (TPSA) is 6.25 Å². The molecule has 2 aromatic rings. The normalized spacial score (nSPS) is 24.5. The Morgan fingerprint density at radius 3 is 2.55 bits per heavy atom. The molecular weight excluding hydrogens is 268 g/mol. The predicted molar refractivity (Wildman–Crippen MR) is 89.3 cm³/mol. The fraction of sp³-hybridized carbons (Fsp3) is 0.150. The van der Waals surface area contributed by atoms with Crippen molar-refractivity contribution in [1.82, 2.24) is 0 Å². The standard InChI is InChI=1S/C20H17N2/c1-2-9-16(10-3-1)22-19-13-7-6-12-18(19)21-14-15-8-4-5-11-17(15)20(21)22/h1-13,18-19H,14H2/q+1. The largest absolute Gasteiger partial charge is 0.286 e. The highest BCUT2D eigenvalue weighted by atomic mass is 15.4. The molecule has 2 aromatic carbocycles. The zero-order chi connectivity index (χ0) is 14.5. The maximum atomic E-state index is 2.54. The smallest absolute Gasteiger partial charge is 0.246 e. The van der Waals surface area contributed by atoms with Crippen LogP contribution >= 0.6 is 0 Å². The van der Waals surface area contributed by atoms with Crippen molar-refractivity contribution >= 4 is 11.5 Å². The molecule has 2 heteroatoms. The molecule has 2 unspecified atom stereocenters. The van der Waals surface area contributed by atoms with Gasteiger partial charge >= 0.3 is 0 Å². The highest BCUT2D eigenvalue weighted by molar-refractivity contribution is 6.10. The number of nitrogens with zero attached hydrogens (tertiary/aromatic N) is 2. The number of allylic oxidation sites excluding steroid dienone is 2. The predicted octanol–water partition coefficient (Wildman–Crippen LogP) is 3.34. The SMILES string of the molecule is C1=CC2C(C=C1)[N+]1=C(c3ccccc3C1)N2c1ccccc1. The molecule has 2 nitrogen and oxygen atoms in total. The highest BCUT2D eigenvalue weighted by Crippen LogP contribution is 2.35. The lowest BCUT2D eigenvalue weighted by Crippen LogP contribution is -2.40. The number of para-hydroxylation sites is 1. The number of rotatable bonds is 1. The van der Waals surface area contributed by atoms with Gasteiger partial charge in [0.1, 0.15) is 12.2 Å². The Hall–Kier alpha value is -2.61. The average Bonchev–Trinajstić information content (AvgIpc) is 3.10. The average molecular weight is 285 g/mol. The molecule has 0 saturated carbocycles. The Labute approximate surface area is 130 Å². The van der Waals surface area contributed by atoms with Gasteiger partial charge in [-0.3, -0.25) is 0 Å². The van der Waals surface area contributed by atoms with E-state index in [0.717, 1.165) is 6.54 Å². The van der Waals surface area contributed by atoms with E-state index >= 15 is 0 Å². The van der Waals surface area contributed by atoms with E-state index in [9.17, 15) is 0 Å². The lowest BCUT2D eigenvalue weighted by Gasteiger charge is -2.22. The quantitative estimate of drug-likeness (QED) is 0.728. The van der Waals surface area contributed by atoms with Crippen LogP contribution in [0.1, 0.15) is 11.1 Å². The van der Waals surface area contributed by atoms with Crippen LogP contribution in [0, 0.1) is 0 Å². The number of hydrogen-bond donors (Lipinski definition) is 0. The molecule has 3 aliphatic rings. The van der Waals surface area contributed by atoms with E-state index in [1.165, 1.54) is 22.6 Å². The van der Waals surface area contributed by atoms with E-state index in [0.29, 0.717) is 12.1 Å². The first-order chi connectivity index (χ1) is 10.9. The third-order valence-electron chi connectivity index (χ3n) is 4.87. The van der Waals surface area contributed by atoms with Crippen LogP contribution in [0.5, 0.6) is 0 Å². The second-order valence-corrected chi connectivity index (χ2v) is 6.07. The van der Waals surface area contributed by atoms with E-state index in [1.807, 2.05) is 0 Å². The zero-order valence-electron chi connectivity index (χ0n) is 12.3. The Balaban J connectivity index is 1.73. The fourth-order valence-electron chi connectivity index (χ4n) is 3.94. The minimum atomic E-state index is 0.385. The van der Waals surface area contributed by atoms with Gasteiger partial charge in [-0.1, -0.05) is 48.6 Å². The minimum absolute atomic E-state index is 0.385. The highest BCUT2D eigenvalue weighted by Gasteiger charge is 2.50. The van der Waals surface area contributed by atoms with Gasteiger partial charge in [0.2, 0.25) is 0 Å². The molecule has 5 rings (SSSR count). The van der Waals surface area contributed by atoms with Crippen LogP contribution in [0.3, 0.4) is 0 Å². The maximum absolute atomic E-state index is 2.54. The number of hydrogen-bond acceptors (Lipinski definition) is 1. The molecule has 22 heavy (non-hydrogen) atoms. The van der Waals surface area contributed by atoms with Crippen molar-refractivity contribution in [2.75, 3.05) is 4.90 Å². The summed E-state index contributed by atoms with van der Waals surface area (Å²) in [6.45, 7) is 1.01. The van der Waals surface area contributed by atoms with Crippen LogP contribution in [0.4, 0.5) is 5.69 Å². The van der Waals surface area contributed by atoms with Crippen LogP contribution < -0.4 is 4.90 Å². The van der Waals surface area contributed by atoms with Crippen molar-refractivity contribution in [3.8, 4) is 0 Å². The molecule has 0 spiro atoms. The summed E-state index contributed by atoms with van der Waals surface area (Å²) in [5.41, 5.74) is 4.08. The van der Waals surface area contributed by atoms with Gasteiger partial charge in [0.25, 0.3) is 5.84 Å². The summed E-state index contributed by atoms with van der Waals surface area (Å²) in [6, 6.07) is 20.3. The third-order valence-corrected chi connectivity index (χ3v) is 4.87. The van der Waals surface area contributed by atoms with Gasteiger partial charge in [0.15, 0.2) is 12.1 Å². The van der Waals surface area contributed by atoms with Crippen LogP contribution in [0.15, 0.2) is 78.9 Å². The Morgan fingerprint density at radius 2 is 1.64 bits per heavy atom. The van der Waals surface area contributed by atoms with Gasteiger partial charge in [-0.15, -0.1) is 0 Å². The lowest BCUT2D eigenvalue weighted by atomic mass is 9.99. The molecule has 0 saturated heterocycles. The molecule has 0 aromatic heterocycles. The monoisotopic (exact) mass is 285 g/mol. The van der Waals surface area contributed by atoms with Crippen molar-refractivity contribution in [3.05, 3.63) is 90.0 Å². The first-order valence-electron chi connectivity index (χ1n) is 7.85. The van der Waals surface area contributed by atoms with Crippen LogP contribution in [-0.2, 0) is 6.54 Å². The van der Waals surface area contributed by atoms with Crippen molar-refractivity contribution < 1.29 is 4.58 Å². The van der Waals surface area contributed by atoms with Gasteiger partial charge in [-0.25, -0.2) is 9.48 Å². The van der Waals surface area contributed by atoms with Gasteiger partial charge < -0.3 is 0 Å². The molecule has 0 bridgehead atoms. The maximum Gasteiger partial charge on any atom is 0.286 e. The molecule has 2 atom stereocenters. The van der Waals surface area contributed by atoms with Crippen LogP contribution in [0.2, 0.25) is 0 Å². The van der Waals surface area contributed by atoms with E-state index in [-0.39, 0.29) is 0 Å². The Kier molecular flexibility index (Phi) is 2.42. The van der Waals surface area contributed by atoms with Crippen LogP contribution in [-0.4, -0.2) is 22.5 Å². The summed E-state index contributed by atoms with van der Waals surface area (Å²) in [4.78, 5) is 2.50. The summed E-state index contributed by atoms with van der Waals surface area (Å²) < 4.78 is 2.54. The third kappa shape index (κ3) is 1.52. The zero-order valence-corrected chi connectivity index (χ0v) is 12.3. The van der Waals surface area contributed by atoms with Crippen LogP contribution in [0.25, 0.3) is 0 Å². The van der Waals surface area contributed by atoms with E-state index in [1.54, 1.807) is 0 Å². The molecule has 0 radical (unpaired) electrons. The van der Waals surface area contributed by atoms with E-state index < -0.39 is 0 Å². The molecule has 0 fully saturated rings. The summed E-state index contributed by atoms with van der Waals surface area (Å²) >= 11 is 0. The summed E-state index contributed by atoms with van der Waals surface area (Å²) in [5, 5.41) is 0. The van der Waals surface area contributed by atoms with Gasteiger partial charge in [-0.05, 0) is 30.4 Å². The molecule has 0 N–H and O–H groups in total. The Morgan fingerprint density at radius 1 is 0.864 bits per heavy atom. The molecule has 2 aliphatic heterocycles. The first kappa shape index (κ1) is 12.0. The summed E-state index contributed by atoms with van der Waals surface area (Å²) in [5.74, 6) is 1.35. The fourth-order valence-corrected chi connectivity index (χ4v) is 3.94. The minimum Gasteiger partial charge on any atom is -0.246 e. The van der Waals surface area contributed by atoms with Gasteiger partial charge in [0.05, 0.1) is 5.56 Å². The molecule has 2 heterocycles. The molecule has 1 aliphatic carbocycles. The van der Waals surface area contributed by atoms with Gasteiger partial charge in [-0.2, -0.15) is 0 Å². The van der Waals surface area contributed by atoms with E-state index in [2.05, 4.69) is 88.4 Å². The van der Waals surface area contributed by atoms with Crippen molar-refractivity contribution in [2.24, 2.45) is 0 Å². The molecule has 0 amide bonds. The van der Waals surface area contributed by atoms with Crippen molar-refractivity contribution in [2.45, 2.75) is 18.6 Å². The van der Waals surface area contributed by atoms with Gasteiger partial charge in [0, 0.05) is 5.56 Å². The second kappa shape index (κ2) is 4.44. The second-order valence-electron chi connectivity index (χ2n) is 6.07. The number of fused-ring (bicyclic) bond motifs is 4. The summed E-state index contributed by atoms with van der Waals surface area (Å²) in [7, 11) is 0.